The standard InChI is InChI=1S/C36H41F3N4O3/c1-41(23-35-17-24-10-25(18-35)12-26(11-24)19-35)34(45)28-2-4-31(5-3-28)43-8-6-42(7-9-43)22-27-13-29(30-15-32(44)21-40-20-30)16-33(14-27)46-36(37,38)39/h2-5,13-16,20-21,24-26,44H,6-12,17-19,22-23H2,1H3. The first-order valence-corrected chi connectivity index (χ1v) is 16.4. The van der Waals surface area contributed by atoms with Crippen LogP contribution in [0.2, 0.25) is 0 Å². The summed E-state index contributed by atoms with van der Waals surface area (Å²) in [5.41, 5.74) is 3.74. The van der Waals surface area contributed by atoms with Gasteiger partial charge in [-0.25, -0.2) is 0 Å². The molecule has 1 aromatic heterocycles. The molecule has 10 heteroatoms. The van der Waals surface area contributed by atoms with Gasteiger partial charge in [-0.05, 0) is 121 Å². The molecular weight excluding hydrogens is 593 g/mol. The number of aromatic hydroxyl groups is 1. The van der Waals surface area contributed by atoms with Crippen molar-refractivity contribution in [2.24, 2.45) is 23.2 Å². The Balaban J connectivity index is 0.961. The fourth-order valence-corrected chi connectivity index (χ4v) is 9.21. The third-order valence-corrected chi connectivity index (χ3v) is 10.6. The highest BCUT2D eigenvalue weighted by Gasteiger charge is 2.51. The predicted molar refractivity (Wildman–Crippen MR) is 170 cm³/mol. The molecule has 5 fully saturated rings. The van der Waals surface area contributed by atoms with E-state index < -0.39 is 6.36 Å². The number of alkyl halides is 3. The zero-order valence-corrected chi connectivity index (χ0v) is 26.2. The number of aromatic nitrogens is 1. The maximum absolute atomic E-state index is 13.4. The van der Waals surface area contributed by atoms with Crippen LogP contribution in [0.15, 0.2) is 60.9 Å². The number of piperazine rings is 1. The molecule has 0 radical (unpaired) electrons. The van der Waals surface area contributed by atoms with Crippen molar-refractivity contribution in [1.82, 2.24) is 14.8 Å². The van der Waals surface area contributed by atoms with E-state index in [2.05, 4.69) is 19.5 Å². The number of carbonyl (C=O) groups is 1. The first-order valence-electron chi connectivity index (χ1n) is 16.4. The van der Waals surface area contributed by atoms with Crippen LogP contribution < -0.4 is 9.64 Å². The van der Waals surface area contributed by atoms with Crippen molar-refractivity contribution >= 4 is 11.6 Å². The lowest BCUT2D eigenvalue weighted by molar-refractivity contribution is -0.274. The Morgan fingerprint density at radius 1 is 0.935 bits per heavy atom. The summed E-state index contributed by atoms with van der Waals surface area (Å²) in [4.78, 5) is 23.8. The van der Waals surface area contributed by atoms with E-state index in [1.807, 2.05) is 42.3 Å². The molecular formula is C36H41F3N4O3. The van der Waals surface area contributed by atoms with E-state index in [4.69, 9.17) is 0 Å². The first kappa shape index (κ1) is 30.8. The molecule has 1 aliphatic heterocycles. The van der Waals surface area contributed by atoms with Gasteiger partial charge in [0, 0.05) is 69.3 Å². The molecule has 1 amide bonds. The summed E-state index contributed by atoms with van der Waals surface area (Å²) in [7, 11) is 1.96. The Labute approximate surface area is 268 Å². The van der Waals surface area contributed by atoms with E-state index in [0.29, 0.717) is 34.2 Å². The topological polar surface area (TPSA) is 69.1 Å². The number of benzene rings is 2. The summed E-state index contributed by atoms with van der Waals surface area (Å²) in [5, 5.41) is 9.84. The highest BCUT2D eigenvalue weighted by molar-refractivity contribution is 5.94. The molecule has 2 aromatic carbocycles. The number of hydrogen-bond acceptors (Lipinski definition) is 6. The minimum Gasteiger partial charge on any atom is -0.506 e. The van der Waals surface area contributed by atoms with Gasteiger partial charge in [-0.1, -0.05) is 0 Å². The van der Waals surface area contributed by atoms with Crippen LogP contribution in [0.4, 0.5) is 18.9 Å². The van der Waals surface area contributed by atoms with Gasteiger partial charge in [-0.3, -0.25) is 14.7 Å². The van der Waals surface area contributed by atoms with Crippen molar-refractivity contribution in [2.45, 2.75) is 51.4 Å². The number of nitrogens with zero attached hydrogens (tertiary/aromatic N) is 4. The lowest BCUT2D eigenvalue weighted by atomic mass is 9.49. The highest BCUT2D eigenvalue weighted by Crippen LogP contribution is 2.60. The SMILES string of the molecule is CN(CC12CC3CC(CC(C3)C1)C2)C(=O)c1ccc(N2CCN(Cc3cc(OC(F)(F)F)cc(-c4cncc(O)c4)c3)CC2)cc1. The van der Waals surface area contributed by atoms with E-state index in [-0.39, 0.29) is 17.4 Å². The molecule has 0 spiro atoms. The number of carbonyl (C=O) groups excluding carboxylic acids is 1. The van der Waals surface area contributed by atoms with Gasteiger partial charge in [0.2, 0.25) is 0 Å². The van der Waals surface area contributed by atoms with Crippen LogP contribution in [0, 0.1) is 23.2 Å². The maximum atomic E-state index is 13.4. The van der Waals surface area contributed by atoms with E-state index >= 15 is 0 Å². The number of anilines is 1. The maximum Gasteiger partial charge on any atom is 0.573 e. The lowest BCUT2D eigenvalue weighted by Crippen LogP contribution is -2.51. The minimum absolute atomic E-state index is 0.0701. The molecule has 0 unspecified atom stereocenters. The largest absolute Gasteiger partial charge is 0.573 e. The van der Waals surface area contributed by atoms with Crippen LogP contribution in [-0.2, 0) is 6.54 Å². The second-order valence-corrected chi connectivity index (χ2v) is 14.2. The van der Waals surface area contributed by atoms with Gasteiger partial charge in [-0.2, -0.15) is 0 Å². The van der Waals surface area contributed by atoms with Crippen molar-refractivity contribution in [3.8, 4) is 22.6 Å². The van der Waals surface area contributed by atoms with Crippen molar-refractivity contribution < 1.29 is 27.8 Å². The van der Waals surface area contributed by atoms with E-state index in [0.717, 1.165) is 56.2 Å². The van der Waals surface area contributed by atoms with Crippen LogP contribution >= 0.6 is 0 Å². The highest BCUT2D eigenvalue weighted by atomic mass is 19.4. The van der Waals surface area contributed by atoms with Crippen LogP contribution in [-0.4, -0.2) is 71.9 Å². The fourth-order valence-electron chi connectivity index (χ4n) is 9.21. The zero-order chi connectivity index (χ0) is 32.1. The number of halogens is 3. The molecule has 4 aliphatic carbocycles. The quantitative estimate of drug-likeness (QED) is 0.289. The monoisotopic (exact) mass is 634 g/mol. The Hall–Kier alpha value is -3.79. The van der Waals surface area contributed by atoms with Gasteiger partial charge in [0.1, 0.15) is 11.5 Å². The third-order valence-electron chi connectivity index (χ3n) is 10.6. The second-order valence-electron chi connectivity index (χ2n) is 14.2. The van der Waals surface area contributed by atoms with Crippen molar-refractivity contribution in [3.05, 3.63) is 72.1 Å². The number of rotatable bonds is 8. The molecule has 5 aliphatic rings. The first-order chi connectivity index (χ1) is 22.0. The molecule has 46 heavy (non-hydrogen) atoms. The van der Waals surface area contributed by atoms with E-state index in [1.165, 1.54) is 69.1 Å². The van der Waals surface area contributed by atoms with Gasteiger partial charge in [0.05, 0.1) is 6.20 Å². The molecule has 8 rings (SSSR count). The van der Waals surface area contributed by atoms with Crippen molar-refractivity contribution in [1.29, 1.82) is 0 Å². The number of pyridine rings is 1. The smallest absolute Gasteiger partial charge is 0.506 e. The fraction of sp³-hybridized carbons (Fsp3) is 0.500. The number of ether oxygens (including phenoxy) is 1. The Morgan fingerprint density at radius 3 is 2.20 bits per heavy atom. The average Bonchev–Trinajstić information content (AvgIpc) is 2.99. The summed E-state index contributed by atoms with van der Waals surface area (Å²) in [6.07, 6.45) is 5.99. The second kappa shape index (κ2) is 12.1. The number of hydrogen-bond donors (Lipinski definition) is 1. The van der Waals surface area contributed by atoms with Gasteiger partial charge >= 0.3 is 6.36 Å². The molecule has 244 valence electrons. The lowest BCUT2D eigenvalue weighted by Gasteiger charge is -2.57. The summed E-state index contributed by atoms with van der Waals surface area (Å²) < 4.78 is 43.5. The molecule has 4 bridgehead atoms. The van der Waals surface area contributed by atoms with Crippen LogP contribution in [0.3, 0.4) is 0 Å². The minimum atomic E-state index is -4.82. The Morgan fingerprint density at radius 2 is 1.59 bits per heavy atom. The van der Waals surface area contributed by atoms with Crippen LogP contribution in [0.25, 0.3) is 11.1 Å². The Bertz CT molecular complexity index is 1530. The van der Waals surface area contributed by atoms with Gasteiger partial charge in [0.15, 0.2) is 0 Å². The zero-order valence-electron chi connectivity index (χ0n) is 26.2. The van der Waals surface area contributed by atoms with Gasteiger partial charge < -0.3 is 19.6 Å². The summed E-state index contributed by atoms with van der Waals surface area (Å²) in [5.74, 6) is 2.30. The van der Waals surface area contributed by atoms with Gasteiger partial charge in [0.25, 0.3) is 5.91 Å². The van der Waals surface area contributed by atoms with Crippen molar-refractivity contribution in [2.75, 3.05) is 44.7 Å². The average molecular weight is 635 g/mol. The van der Waals surface area contributed by atoms with Gasteiger partial charge in [-0.15, -0.1) is 13.2 Å². The van der Waals surface area contributed by atoms with Crippen LogP contribution in [0.1, 0.15) is 54.4 Å². The number of amides is 1. The molecule has 1 N–H and O–H groups in total. The Kier molecular flexibility index (Phi) is 8.11. The normalized spacial score (nSPS) is 25.9. The molecule has 3 aromatic rings. The molecule has 2 heterocycles. The van der Waals surface area contributed by atoms with E-state index in [1.54, 1.807) is 0 Å². The molecule has 4 saturated carbocycles. The summed E-state index contributed by atoms with van der Waals surface area (Å²) in [6.45, 7) is 4.26. The van der Waals surface area contributed by atoms with E-state index in [9.17, 15) is 23.1 Å². The molecule has 0 atom stereocenters. The predicted octanol–water partition coefficient (Wildman–Crippen LogP) is 6.96. The molecule has 1 saturated heterocycles. The summed E-state index contributed by atoms with van der Waals surface area (Å²) in [6, 6.07) is 13.9. The summed E-state index contributed by atoms with van der Waals surface area (Å²) >= 11 is 0. The molecule has 7 nitrogen and oxygen atoms in total. The third kappa shape index (κ3) is 6.82. The van der Waals surface area contributed by atoms with Crippen molar-refractivity contribution in [3.63, 3.8) is 0 Å². The van der Waals surface area contributed by atoms with Crippen LogP contribution in [0.5, 0.6) is 11.5 Å².